The first-order valence-corrected chi connectivity index (χ1v) is 8.86. The van der Waals surface area contributed by atoms with Gasteiger partial charge in [-0.2, -0.15) is 0 Å². The molecule has 1 N–H and O–H groups in total. The van der Waals surface area contributed by atoms with Crippen LogP contribution in [0.1, 0.15) is 26.6 Å². The highest BCUT2D eigenvalue weighted by Gasteiger charge is 2.16. The number of hydrogen-bond donors (Lipinski definition) is 1. The highest BCUT2D eigenvalue weighted by atomic mass is 32.2. The van der Waals surface area contributed by atoms with E-state index in [1.807, 2.05) is 56.7 Å². The van der Waals surface area contributed by atoms with Gasteiger partial charge in [0.05, 0.1) is 12.9 Å². The smallest absolute Gasteiger partial charge is 0.230 e. The first-order chi connectivity index (χ1) is 11.8. The number of amides is 1. The standard InChI is InChI=1S/C17H24N4O3S/c1-17(2,3)18-15(22)11-25-16-20-19-14(21(16)4)10-24-13-8-6-7-12(9-13)23-5/h6-9H,10-11H2,1-5H3,(H,18,22). The molecule has 1 heterocycles. The summed E-state index contributed by atoms with van der Waals surface area (Å²) >= 11 is 1.35. The number of nitrogens with one attached hydrogen (secondary N) is 1. The lowest BCUT2D eigenvalue weighted by Gasteiger charge is -2.20. The minimum atomic E-state index is -0.243. The van der Waals surface area contributed by atoms with Crippen LogP contribution in [0.15, 0.2) is 29.4 Å². The van der Waals surface area contributed by atoms with Crippen LogP contribution in [-0.4, -0.2) is 39.1 Å². The van der Waals surface area contributed by atoms with E-state index in [0.29, 0.717) is 22.5 Å². The van der Waals surface area contributed by atoms with E-state index in [-0.39, 0.29) is 18.1 Å². The van der Waals surface area contributed by atoms with Crippen molar-refractivity contribution in [2.75, 3.05) is 12.9 Å². The third-order valence-electron chi connectivity index (χ3n) is 3.18. The molecule has 2 aromatic rings. The second kappa shape index (κ2) is 8.24. The number of aromatic nitrogens is 3. The Labute approximate surface area is 152 Å². The number of carbonyl (C=O) groups excluding carboxylic acids is 1. The summed E-state index contributed by atoms with van der Waals surface area (Å²) in [6.07, 6.45) is 0. The van der Waals surface area contributed by atoms with Gasteiger partial charge in [0, 0.05) is 18.7 Å². The summed E-state index contributed by atoms with van der Waals surface area (Å²) in [6.45, 7) is 6.13. The largest absolute Gasteiger partial charge is 0.497 e. The molecule has 0 saturated heterocycles. The molecule has 2 rings (SSSR count). The molecule has 1 aromatic carbocycles. The predicted octanol–water partition coefficient (Wildman–Crippen LogP) is 2.41. The summed E-state index contributed by atoms with van der Waals surface area (Å²) in [5.74, 6) is 2.37. The van der Waals surface area contributed by atoms with E-state index >= 15 is 0 Å². The molecule has 1 amide bonds. The fourth-order valence-corrected chi connectivity index (χ4v) is 2.75. The van der Waals surface area contributed by atoms with Crippen molar-refractivity contribution in [3.63, 3.8) is 0 Å². The van der Waals surface area contributed by atoms with Crippen molar-refractivity contribution < 1.29 is 14.3 Å². The second-order valence-electron chi connectivity index (χ2n) is 6.51. The maximum Gasteiger partial charge on any atom is 0.230 e. The van der Waals surface area contributed by atoms with Gasteiger partial charge in [-0.3, -0.25) is 4.79 Å². The normalized spacial score (nSPS) is 11.2. The number of benzene rings is 1. The molecular formula is C17H24N4O3S. The Morgan fingerprint density at radius 1 is 1.28 bits per heavy atom. The molecule has 0 spiro atoms. The summed E-state index contributed by atoms with van der Waals surface area (Å²) in [6, 6.07) is 7.38. The fraction of sp³-hybridized carbons (Fsp3) is 0.471. The second-order valence-corrected chi connectivity index (χ2v) is 7.45. The van der Waals surface area contributed by atoms with E-state index in [2.05, 4.69) is 15.5 Å². The Balaban J connectivity index is 1.90. The first kappa shape index (κ1) is 19.1. The van der Waals surface area contributed by atoms with E-state index in [0.717, 1.165) is 5.75 Å². The Morgan fingerprint density at radius 2 is 2.00 bits per heavy atom. The third kappa shape index (κ3) is 5.97. The van der Waals surface area contributed by atoms with E-state index < -0.39 is 0 Å². The zero-order valence-electron chi connectivity index (χ0n) is 15.2. The molecule has 0 aliphatic heterocycles. The molecule has 0 atom stereocenters. The van der Waals surface area contributed by atoms with Crippen LogP contribution in [0, 0.1) is 0 Å². The maximum atomic E-state index is 11.9. The number of rotatable bonds is 7. The van der Waals surface area contributed by atoms with Gasteiger partial charge in [0.2, 0.25) is 5.91 Å². The molecule has 1 aromatic heterocycles. The molecule has 136 valence electrons. The van der Waals surface area contributed by atoms with Gasteiger partial charge in [-0.15, -0.1) is 10.2 Å². The molecule has 0 fully saturated rings. The van der Waals surface area contributed by atoms with Crippen molar-refractivity contribution in [1.82, 2.24) is 20.1 Å². The number of ether oxygens (including phenoxy) is 2. The van der Waals surface area contributed by atoms with Gasteiger partial charge in [0.15, 0.2) is 11.0 Å². The molecule has 7 nitrogen and oxygen atoms in total. The van der Waals surface area contributed by atoms with Crippen LogP contribution in [0.3, 0.4) is 0 Å². The molecule has 8 heteroatoms. The fourth-order valence-electron chi connectivity index (χ4n) is 2.02. The van der Waals surface area contributed by atoms with E-state index in [1.54, 1.807) is 7.11 Å². The van der Waals surface area contributed by atoms with Gasteiger partial charge in [-0.05, 0) is 32.9 Å². The Bertz CT molecular complexity index is 725. The highest BCUT2D eigenvalue weighted by molar-refractivity contribution is 7.99. The monoisotopic (exact) mass is 364 g/mol. The summed E-state index contributed by atoms with van der Waals surface area (Å²) in [5.41, 5.74) is -0.243. The Hall–Kier alpha value is -2.22. The van der Waals surface area contributed by atoms with Crippen LogP contribution in [0.25, 0.3) is 0 Å². The predicted molar refractivity (Wildman–Crippen MR) is 96.9 cm³/mol. The Kier molecular flexibility index (Phi) is 6.30. The van der Waals surface area contributed by atoms with Crippen molar-refractivity contribution in [3.05, 3.63) is 30.1 Å². The average Bonchev–Trinajstić information content (AvgIpc) is 2.90. The lowest BCUT2D eigenvalue weighted by molar-refractivity contribution is -0.119. The summed E-state index contributed by atoms with van der Waals surface area (Å²) in [4.78, 5) is 11.9. The van der Waals surface area contributed by atoms with Crippen LogP contribution < -0.4 is 14.8 Å². The van der Waals surface area contributed by atoms with Crippen molar-refractivity contribution in [2.24, 2.45) is 7.05 Å². The minimum absolute atomic E-state index is 0.0327. The van der Waals surface area contributed by atoms with Gasteiger partial charge in [0.25, 0.3) is 0 Å². The summed E-state index contributed by atoms with van der Waals surface area (Å²) in [7, 11) is 3.47. The lowest BCUT2D eigenvalue weighted by atomic mass is 10.1. The van der Waals surface area contributed by atoms with Crippen molar-refractivity contribution in [3.8, 4) is 11.5 Å². The lowest BCUT2D eigenvalue weighted by Crippen LogP contribution is -2.41. The number of nitrogens with zero attached hydrogens (tertiary/aromatic N) is 3. The molecule has 0 aliphatic rings. The van der Waals surface area contributed by atoms with Gasteiger partial charge < -0.3 is 19.4 Å². The first-order valence-electron chi connectivity index (χ1n) is 7.87. The highest BCUT2D eigenvalue weighted by Crippen LogP contribution is 2.21. The molecule has 0 aliphatic carbocycles. The zero-order valence-corrected chi connectivity index (χ0v) is 16.0. The summed E-state index contributed by atoms with van der Waals surface area (Å²) in [5, 5.41) is 11.8. The quantitative estimate of drug-likeness (QED) is 0.760. The summed E-state index contributed by atoms with van der Waals surface area (Å²) < 4.78 is 12.7. The number of thioether (sulfide) groups is 1. The van der Waals surface area contributed by atoms with Gasteiger partial charge in [0.1, 0.15) is 18.1 Å². The van der Waals surface area contributed by atoms with Crippen LogP contribution in [0.2, 0.25) is 0 Å². The topological polar surface area (TPSA) is 78.3 Å². The average molecular weight is 364 g/mol. The van der Waals surface area contributed by atoms with Crippen molar-refractivity contribution in [1.29, 1.82) is 0 Å². The van der Waals surface area contributed by atoms with Crippen molar-refractivity contribution in [2.45, 2.75) is 38.1 Å². The van der Waals surface area contributed by atoms with Crippen molar-refractivity contribution >= 4 is 17.7 Å². The van der Waals surface area contributed by atoms with Crippen LogP contribution in [-0.2, 0) is 18.4 Å². The zero-order chi connectivity index (χ0) is 18.4. The van der Waals surface area contributed by atoms with E-state index in [9.17, 15) is 4.79 Å². The van der Waals surface area contributed by atoms with E-state index in [1.165, 1.54) is 11.8 Å². The number of methoxy groups -OCH3 is 1. The molecular weight excluding hydrogens is 340 g/mol. The SMILES string of the molecule is COc1cccc(OCc2nnc(SCC(=O)NC(C)(C)C)n2C)c1. The third-order valence-corrected chi connectivity index (χ3v) is 4.20. The van der Waals surface area contributed by atoms with Crippen LogP contribution >= 0.6 is 11.8 Å². The Morgan fingerprint density at radius 3 is 2.68 bits per heavy atom. The van der Waals surface area contributed by atoms with E-state index in [4.69, 9.17) is 9.47 Å². The number of hydrogen-bond acceptors (Lipinski definition) is 6. The molecule has 0 radical (unpaired) electrons. The molecule has 0 unspecified atom stereocenters. The maximum absolute atomic E-state index is 11.9. The van der Waals surface area contributed by atoms with Crippen LogP contribution in [0.4, 0.5) is 0 Å². The minimum Gasteiger partial charge on any atom is -0.497 e. The van der Waals surface area contributed by atoms with Gasteiger partial charge in [-0.25, -0.2) is 0 Å². The van der Waals surface area contributed by atoms with Gasteiger partial charge in [-0.1, -0.05) is 17.8 Å². The molecule has 25 heavy (non-hydrogen) atoms. The number of carbonyl (C=O) groups is 1. The molecule has 0 saturated carbocycles. The molecule has 0 bridgehead atoms. The van der Waals surface area contributed by atoms with Gasteiger partial charge >= 0.3 is 0 Å². The van der Waals surface area contributed by atoms with Crippen LogP contribution in [0.5, 0.6) is 11.5 Å².